The molecule has 0 unspecified atom stereocenters. The molecule has 16 heavy (non-hydrogen) atoms. The summed E-state index contributed by atoms with van der Waals surface area (Å²) < 4.78 is 4.94. The van der Waals surface area contributed by atoms with Gasteiger partial charge in [-0.05, 0) is 6.07 Å². The van der Waals surface area contributed by atoms with Crippen molar-refractivity contribution >= 4 is 12.0 Å². The highest BCUT2D eigenvalue weighted by molar-refractivity contribution is 5.82. The van der Waals surface area contributed by atoms with Crippen LogP contribution in [-0.2, 0) is 6.42 Å². The Kier molecular flexibility index (Phi) is 3.56. The second kappa shape index (κ2) is 4.89. The van der Waals surface area contributed by atoms with Crippen LogP contribution >= 0.6 is 0 Å². The second-order valence-corrected chi connectivity index (χ2v) is 2.93. The number of carbonyl (C=O) groups is 1. The van der Waals surface area contributed by atoms with Crippen molar-refractivity contribution in [1.29, 1.82) is 5.26 Å². The summed E-state index contributed by atoms with van der Waals surface area (Å²) in [6.45, 7) is 0. The number of hydrogen-bond acceptors (Lipinski definition) is 5. The van der Waals surface area contributed by atoms with E-state index in [1.165, 1.54) is 19.2 Å². The Morgan fingerprint density at radius 3 is 2.75 bits per heavy atom. The topological polar surface area (TPSA) is 93.2 Å². The van der Waals surface area contributed by atoms with Crippen LogP contribution in [0.25, 0.3) is 0 Å². The smallest absolute Gasteiger partial charge is 0.280 e. The van der Waals surface area contributed by atoms with Crippen molar-refractivity contribution in [3.8, 4) is 11.8 Å². The quantitative estimate of drug-likeness (QED) is 0.435. The molecule has 1 aromatic rings. The summed E-state index contributed by atoms with van der Waals surface area (Å²) in [6.07, 6.45) is 0.375. The van der Waals surface area contributed by atoms with Gasteiger partial charge in [0.25, 0.3) is 5.69 Å². The van der Waals surface area contributed by atoms with Gasteiger partial charge in [0, 0.05) is 11.6 Å². The maximum absolute atomic E-state index is 10.7. The molecule has 0 spiro atoms. The maximum atomic E-state index is 10.7. The minimum absolute atomic E-state index is 0.0108. The van der Waals surface area contributed by atoms with E-state index < -0.39 is 4.92 Å². The SMILES string of the molecule is COc1cc(C=O)c([N+](=O)[O-])cc1CC#N. The van der Waals surface area contributed by atoms with E-state index in [-0.39, 0.29) is 17.7 Å². The third-order valence-corrected chi connectivity index (χ3v) is 2.02. The van der Waals surface area contributed by atoms with Gasteiger partial charge in [0.2, 0.25) is 0 Å². The lowest BCUT2D eigenvalue weighted by Gasteiger charge is -2.06. The van der Waals surface area contributed by atoms with Crippen molar-refractivity contribution in [2.24, 2.45) is 0 Å². The first-order chi connectivity index (χ1) is 7.63. The van der Waals surface area contributed by atoms with E-state index in [0.29, 0.717) is 17.6 Å². The molecule has 0 bridgehead atoms. The molecule has 0 aromatic heterocycles. The van der Waals surface area contributed by atoms with Crippen LogP contribution < -0.4 is 4.74 Å². The maximum Gasteiger partial charge on any atom is 0.280 e. The van der Waals surface area contributed by atoms with Crippen molar-refractivity contribution < 1.29 is 14.5 Å². The van der Waals surface area contributed by atoms with Crippen molar-refractivity contribution in [2.45, 2.75) is 6.42 Å². The molecule has 0 N–H and O–H groups in total. The Hall–Kier alpha value is -2.42. The largest absolute Gasteiger partial charge is 0.496 e. The van der Waals surface area contributed by atoms with Crippen molar-refractivity contribution in [2.75, 3.05) is 7.11 Å². The highest BCUT2D eigenvalue weighted by Gasteiger charge is 2.17. The molecule has 0 aliphatic carbocycles. The van der Waals surface area contributed by atoms with E-state index in [1.54, 1.807) is 0 Å². The van der Waals surface area contributed by atoms with Gasteiger partial charge in [-0.3, -0.25) is 14.9 Å². The third kappa shape index (κ3) is 2.15. The zero-order chi connectivity index (χ0) is 12.1. The Morgan fingerprint density at radius 1 is 1.62 bits per heavy atom. The van der Waals surface area contributed by atoms with Gasteiger partial charge >= 0.3 is 0 Å². The minimum Gasteiger partial charge on any atom is -0.496 e. The van der Waals surface area contributed by atoms with E-state index >= 15 is 0 Å². The number of aldehydes is 1. The number of methoxy groups -OCH3 is 1. The molecule has 0 amide bonds. The van der Waals surface area contributed by atoms with Crippen molar-refractivity contribution in [3.05, 3.63) is 33.4 Å². The Balaban J connectivity index is 3.41. The summed E-state index contributed by atoms with van der Waals surface area (Å²) in [7, 11) is 1.37. The standard InChI is InChI=1S/C10H8N2O4/c1-16-10-5-8(6-13)9(12(14)15)4-7(10)2-3-11/h4-6H,2H2,1H3. The normalized spacial score (nSPS) is 9.25. The van der Waals surface area contributed by atoms with Crippen LogP contribution in [0.1, 0.15) is 15.9 Å². The lowest BCUT2D eigenvalue weighted by atomic mass is 10.1. The first-order valence-corrected chi connectivity index (χ1v) is 4.31. The highest BCUT2D eigenvalue weighted by Crippen LogP contribution is 2.27. The molecule has 0 saturated carbocycles. The van der Waals surface area contributed by atoms with Crippen molar-refractivity contribution in [1.82, 2.24) is 0 Å². The molecule has 6 nitrogen and oxygen atoms in total. The number of nitriles is 1. The monoisotopic (exact) mass is 220 g/mol. The number of nitrogens with zero attached hydrogens (tertiary/aromatic N) is 2. The summed E-state index contributed by atoms with van der Waals surface area (Å²) >= 11 is 0. The number of nitro groups is 1. The van der Waals surface area contributed by atoms with Gasteiger partial charge < -0.3 is 4.74 Å². The second-order valence-electron chi connectivity index (χ2n) is 2.93. The average Bonchev–Trinajstić information content (AvgIpc) is 2.28. The molecule has 6 heteroatoms. The summed E-state index contributed by atoms with van der Waals surface area (Å²) in [4.78, 5) is 20.6. The molecule has 0 aliphatic heterocycles. The van der Waals surface area contributed by atoms with Gasteiger partial charge in [-0.25, -0.2) is 0 Å². The first-order valence-electron chi connectivity index (χ1n) is 4.31. The first kappa shape index (κ1) is 11.7. The van der Waals surface area contributed by atoms with Crippen LogP contribution in [0.3, 0.4) is 0 Å². The van der Waals surface area contributed by atoms with Gasteiger partial charge in [0.15, 0.2) is 6.29 Å². The highest BCUT2D eigenvalue weighted by atomic mass is 16.6. The lowest BCUT2D eigenvalue weighted by molar-refractivity contribution is -0.385. The van der Waals surface area contributed by atoms with Crippen LogP contribution in [0.2, 0.25) is 0 Å². The Labute approximate surface area is 91.2 Å². The Bertz CT molecular complexity index is 476. The van der Waals surface area contributed by atoms with E-state index in [9.17, 15) is 14.9 Å². The molecule has 0 saturated heterocycles. The number of benzene rings is 1. The van der Waals surface area contributed by atoms with Gasteiger partial charge in [0.05, 0.1) is 30.1 Å². The van der Waals surface area contributed by atoms with Crippen LogP contribution in [0, 0.1) is 21.4 Å². The third-order valence-electron chi connectivity index (χ3n) is 2.02. The molecule has 1 aromatic carbocycles. The minimum atomic E-state index is -0.663. The molecule has 0 aliphatic rings. The van der Waals surface area contributed by atoms with Crippen LogP contribution in [0.4, 0.5) is 5.69 Å². The number of ether oxygens (including phenoxy) is 1. The summed E-state index contributed by atoms with van der Waals surface area (Å²) in [5, 5.41) is 19.2. The fourth-order valence-corrected chi connectivity index (χ4v) is 1.29. The fourth-order valence-electron chi connectivity index (χ4n) is 1.29. The van der Waals surface area contributed by atoms with Gasteiger partial charge in [0.1, 0.15) is 5.75 Å². The summed E-state index contributed by atoms with van der Waals surface area (Å²) in [6, 6.07) is 4.32. The molecular weight excluding hydrogens is 212 g/mol. The Morgan fingerprint density at radius 2 is 2.31 bits per heavy atom. The molecular formula is C10H8N2O4. The van der Waals surface area contributed by atoms with Gasteiger partial charge in [-0.2, -0.15) is 5.26 Å². The van der Waals surface area contributed by atoms with Gasteiger partial charge in [-0.15, -0.1) is 0 Å². The molecule has 1 rings (SSSR count). The van der Waals surface area contributed by atoms with Crippen molar-refractivity contribution in [3.63, 3.8) is 0 Å². The average molecular weight is 220 g/mol. The summed E-state index contributed by atoms with van der Waals surface area (Å²) in [5.74, 6) is 0.300. The van der Waals surface area contributed by atoms with Gasteiger partial charge in [-0.1, -0.05) is 0 Å². The molecule has 82 valence electrons. The van der Waals surface area contributed by atoms with Crippen LogP contribution in [-0.4, -0.2) is 18.3 Å². The number of nitro benzene ring substituents is 1. The number of rotatable bonds is 4. The zero-order valence-corrected chi connectivity index (χ0v) is 8.47. The van der Waals surface area contributed by atoms with E-state index in [0.717, 1.165) is 0 Å². The molecule has 0 fully saturated rings. The predicted molar refractivity (Wildman–Crippen MR) is 54.4 cm³/mol. The lowest BCUT2D eigenvalue weighted by Crippen LogP contribution is -1.99. The fraction of sp³-hybridized carbons (Fsp3) is 0.200. The molecule has 0 heterocycles. The predicted octanol–water partition coefficient (Wildman–Crippen LogP) is 1.48. The molecule has 0 atom stereocenters. The van der Waals surface area contributed by atoms with E-state index in [1.807, 2.05) is 6.07 Å². The van der Waals surface area contributed by atoms with Crippen LogP contribution in [0.15, 0.2) is 12.1 Å². The van der Waals surface area contributed by atoms with E-state index in [4.69, 9.17) is 10.00 Å². The number of carbonyl (C=O) groups excluding carboxylic acids is 1. The van der Waals surface area contributed by atoms with E-state index in [2.05, 4.69) is 0 Å². The number of hydrogen-bond donors (Lipinski definition) is 0. The van der Waals surface area contributed by atoms with Crippen LogP contribution in [0.5, 0.6) is 5.75 Å². The summed E-state index contributed by atoms with van der Waals surface area (Å²) in [5.41, 5.74) is 0.00638. The zero-order valence-electron chi connectivity index (χ0n) is 8.47. The molecule has 0 radical (unpaired) electrons.